The molecule has 1 unspecified atom stereocenters. The van der Waals surface area contributed by atoms with E-state index < -0.39 is 0 Å². The zero-order valence-corrected chi connectivity index (χ0v) is 22.2. The first-order valence-electron chi connectivity index (χ1n) is 13.5. The Labute approximate surface area is 210 Å². The van der Waals surface area contributed by atoms with Gasteiger partial charge in [-0.05, 0) is 70.4 Å². The van der Waals surface area contributed by atoms with E-state index in [-0.39, 0.29) is 17.6 Å². The molecule has 35 heavy (non-hydrogen) atoms. The molecule has 0 radical (unpaired) electrons. The van der Waals surface area contributed by atoms with Crippen LogP contribution in [0.2, 0.25) is 0 Å². The minimum atomic E-state index is -0.388. The Hall–Kier alpha value is -2.50. The Kier molecular flexibility index (Phi) is 7.77. The molecule has 6 nitrogen and oxygen atoms in total. The van der Waals surface area contributed by atoms with Crippen LogP contribution in [0.15, 0.2) is 24.3 Å². The number of nitrogens with one attached hydrogen (secondary N) is 1. The van der Waals surface area contributed by atoms with Crippen molar-refractivity contribution in [3.8, 4) is 0 Å². The van der Waals surface area contributed by atoms with Gasteiger partial charge < -0.3 is 19.5 Å². The Morgan fingerprint density at radius 2 is 1.69 bits per heavy atom. The summed E-state index contributed by atoms with van der Waals surface area (Å²) in [6.07, 6.45) is 10.5. The van der Waals surface area contributed by atoms with Crippen molar-refractivity contribution in [2.45, 2.75) is 90.2 Å². The number of carbonyl (C=O) groups is 2. The number of rotatable bonds is 2. The second-order valence-electron chi connectivity index (χ2n) is 11.7. The molecule has 2 saturated carbocycles. The van der Waals surface area contributed by atoms with Crippen LogP contribution in [0.25, 0.3) is 10.9 Å². The summed E-state index contributed by atoms with van der Waals surface area (Å²) >= 11 is 0. The number of aromatic nitrogens is 1. The minimum Gasteiger partial charge on any atom is -0.444 e. The largest absolute Gasteiger partial charge is 0.444 e. The predicted molar refractivity (Wildman–Crippen MR) is 140 cm³/mol. The lowest BCUT2D eigenvalue weighted by Gasteiger charge is -2.45. The van der Waals surface area contributed by atoms with Crippen LogP contribution in [0, 0.1) is 11.8 Å². The monoisotopic (exact) mass is 481 g/mol. The second kappa shape index (κ2) is 10.6. The minimum absolute atomic E-state index is 0.280. The zero-order chi connectivity index (χ0) is 25.2. The van der Waals surface area contributed by atoms with E-state index >= 15 is 0 Å². The van der Waals surface area contributed by atoms with E-state index in [1.54, 1.807) is 14.1 Å². The fourth-order valence-electron chi connectivity index (χ4n) is 5.70. The van der Waals surface area contributed by atoms with E-state index in [9.17, 15) is 9.59 Å². The summed E-state index contributed by atoms with van der Waals surface area (Å²) in [5.74, 6) is 1.38. The summed E-state index contributed by atoms with van der Waals surface area (Å²) in [6, 6.07) is 8.95. The first-order valence-corrected chi connectivity index (χ1v) is 13.5. The van der Waals surface area contributed by atoms with Crippen molar-refractivity contribution < 1.29 is 14.3 Å². The lowest BCUT2D eigenvalue weighted by molar-refractivity contribution is -0.142. The molecule has 1 aromatic heterocycles. The van der Waals surface area contributed by atoms with Crippen molar-refractivity contribution in [3.63, 3.8) is 0 Å². The van der Waals surface area contributed by atoms with Gasteiger partial charge >= 0.3 is 6.09 Å². The molecule has 192 valence electrons. The molecule has 2 amide bonds. The Bertz CT molecular complexity index is 1030. The van der Waals surface area contributed by atoms with Gasteiger partial charge in [0.2, 0.25) is 5.91 Å². The summed E-state index contributed by atoms with van der Waals surface area (Å²) in [4.78, 5) is 31.6. The number of para-hydroxylation sites is 1. The van der Waals surface area contributed by atoms with Crippen molar-refractivity contribution in [1.82, 2.24) is 14.8 Å². The highest BCUT2D eigenvalue weighted by Crippen LogP contribution is 2.46. The van der Waals surface area contributed by atoms with E-state index in [2.05, 4.69) is 34.1 Å². The number of carbonyl (C=O) groups excluding carboxylic acids is 2. The van der Waals surface area contributed by atoms with Crippen molar-refractivity contribution in [1.29, 1.82) is 0 Å². The van der Waals surface area contributed by atoms with Crippen LogP contribution >= 0.6 is 0 Å². The van der Waals surface area contributed by atoms with Crippen molar-refractivity contribution in [2.24, 2.45) is 11.8 Å². The highest BCUT2D eigenvalue weighted by molar-refractivity contribution is 5.86. The molecule has 1 atom stereocenters. The van der Waals surface area contributed by atoms with Crippen molar-refractivity contribution in [2.75, 3.05) is 20.6 Å². The number of amides is 2. The Morgan fingerprint density at radius 3 is 2.26 bits per heavy atom. The van der Waals surface area contributed by atoms with Gasteiger partial charge in [-0.3, -0.25) is 4.79 Å². The summed E-state index contributed by atoms with van der Waals surface area (Å²) in [5.41, 5.74) is 3.67. The number of aromatic amines is 1. The maximum Gasteiger partial charge on any atom is 0.409 e. The fourth-order valence-corrected chi connectivity index (χ4v) is 5.70. The zero-order valence-electron chi connectivity index (χ0n) is 22.2. The molecule has 0 saturated heterocycles. The number of hydrogen-bond donors (Lipinski definition) is 1. The third-order valence-corrected chi connectivity index (χ3v) is 7.67. The smallest absolute Gasteiger partial charge is 0.409 e. The van der Waals surface area contributed by atoms with Gasteiger partial charge in [-0.2, -0.15) is 0 Å². The van der Waals surface area contributed by atoms with Gasteiger partial charge in [-0.25, -0.2) is 4.79 Å². The molecule has 2 aliphatic carbocycles. The van der Waals surface area contributed by atoms with Crippen LogP contribution in [0.4, 0.5) is 4.79 Å². The topological polar surface area (TPSA) is 65.6 Å². The third kappa shape index (κ3) is 5.84. The second-order valence-corrected chi connectivity index (χ2v) is 11.7. The quantitative estimate of drug-likeness (QED) is 0.535. The third-order valence-electron chi connectivity index (χ3n) is 7.67. The molecular formula is C29H43N3O3. The number of ether oxygens (including phenoxy) is 1. The number of fused-ring (bicyclic) bond motifs is 3. The number of H-pyrrole nitrogens is 1. The van der Waals surface area contributed by atoms with Gasteiger partial charge in [0.25, 0.3) is 0 Å². The summed E-state index contributed by atoms with van der Waals surface area (Å²) in [5, 5.41) is 1.37. The maximum absolute atomic E-state index is 13.3. The average Bonchev–Trinajstić information content (AvgIpc) is 3.17. The Balaban J connectivity index is 0.000000248. The van der Waals surface area contributed by atoms with E-state index in [4.69, 9.17) is 4.74 Å². The molecule has 1 aromatic carbocycles. The van der Waals surface area contributed by atoms with Crippen molar-refractivity contribution in [3.05, 3.63) is 35.5 Å². The van der Waals surface area contributed by atoms with Crippen LogP contribution in [0.1, 0.15) is 89.4 Å². The summed E-state index contributed by atoms with van der Waals surface area (Å²) in [6.45, 7) is 6.43. The molecule has 1 aliphatic heterocycles. The molecular weight excluding hydrogens is 438 g/mol. The molecule has 2 heterocycles. The SMILES string of the molecule is CN(C)C(=O)OC(C)(C)C.O=C(C1CCCCC1)N1CCc2c([nH]c3ccccc23)C1C1CCC1. The first-order chi connectivity index (χ1) is 16.7. The van der Waals surface area contributed by atoms with Gasteiger partial charge in [0, 0.05) is 43.2 Å². The van der Waals surface area contributed by atoms with Gasteiger partial charge in [0.15, 0.2) is 0 Å². The number of nitrogens with zero attached hydrogens (tertiary/aromatic N) is 2. The highest BCUT2D eigenvalue weighted by atomic mass is 16.6. The first kappa shape index (κ1) is 25.6. The molecule has 0 spiro atoms. The molecule has 0 bridgehead atoms. The highest BCUT2D eigenvalue weighted by Gasteiger charge is 2.42. The number of hydrogen-bond acceptors (Lipinski definition) is 3. The molecule has 3 aliphatic rings. The fraction of sp³-hybridized carbons (Fsp3) is 0.655. The Morgan fingerprint density at radius 1 is 1.00 bits per heavy atom. The van der Waals surface area contributed by atoms with Gasteiger partial charge in [-0.1, -0.05) is 43.9 Å². The average molecular weight is 482 g/mol. The molecule has 6 heteroatoms. The molecule has 2 aromatic rings. The van der Waals surface area contributed by atoms with Crippen LogP contribution < -0.4 is 0 Å². The normalized spacial score (nSPS) is 20.9. The summed E-state index contributed by atoms with van der Waals surface area (Å²) < 4.78 is 4.99. The van der Waals surface area contributed by atoms with Crippen LogP contribution in [0.3, 0.4) is 0 Å². The molecule has 5 rings (SSSR count). The summed E-state index contributed by atoms with van der Waals surface area (Å²) in [7, 11) is 3.32. The van der Waals surface area contributed by atoms with Crippen LogP contribution in [0.5, 0.6) is 0 Å². The molecule has 2 fully saturated rings. The lowest BCUT2D eigenvalue weighted by Crippen LogP contribution is -2.47. The lowest BCUT2D eigenvalue weighted by atomic mass is 9.75. The number of benzene rings is 1. The maximum atomic E-state index is 13.3. The van der Waals surface area contributed by atoms with E-state index in [1.807, 2.05) is 20.8 Å². The van der Waals surface area contributed by atoms with Crippen LogP contribution in [-0.2, 0) is 16.0 Å². The van der Waals surface area contributed by atoms with E-state index in [0.717, 1.165) is 25.8 Å². The van der Waals surface area contributed by atoms with E-state index in [1.165, 1.54) is 65.6 Å². The molecule has 1 N–H and O–H groups in total. The van der Waals surface area contributed by atoms with E-state index in [0.29, 0.717) is 17.9 Å². The van der Waals surface area contributed by atoms with Gasteiger partial charge in [-0.15, -0.1) is 0 Å². The van der Waals surface area contributed by atoms with Crippen LogP contribution in [-0.4, -0.2) is 53.0 Å². The van der Waals surface area contributed by atoms with Gasteiger partial charge in [0.1, 0.15) is 5.60 Å². The van der Waals surface area contributed by atoms with Crippen molar-refractivity contribution >= 4 is 22.9 Å². The van der Waals surface area contributed by atoms with Gasteiger partial charge in [0.05, 0.1) is 6.04 Å². The standard InChI is InChI=1S/C22H28N2O.C7H15NO2/c25-22(16-7-2-1-3-8-16)24-14-13-18-17-11-4-5-12-19(17)23-20(18)21(24)15-9-6-10-15;1-7(2,3)10-6(9)8(4)5/h4-5,11-12,15-16,21,23H,1-3,6-10,13-14H2;1-5H3. The predicted octanol–water partition coefficient (Wildman–Crippen LogP) is 6.46.